The normalized spacial score (nSPS) is 14.0. The van der Waals surface area contributed by atoms with Crippen molar-refractivity contribution in [3.8, 4) is 5.75 Å². The number of hydrogen-bond acceptors (Lipinski definition) is 3. The summed E-state index contributed by atoms with van der Waals surface area (Å²) in [6.45, 7) is 0. The highest BCUT2D eigenvalue weighted by molar-refractivity contribution is 5.79. The Balaban J connectivity index is 2.50. The van der Waals surface area contributed by atoms with E-state index in [1.54, 1.807) is 18.5 Å². The molecule has 0 spiro atoms. The fourth-order valence-corrected chi connectivity index (χ4v) is 0.739. The minimum Gasteiger partial charge on any atom is -0.353 e. The van der Waals surface area contributed by atoms with Crippen molar-refractivity contribution in [2.45, 2.75) is 0 Å². The second kappa shape index (κ2) is 1.98. The number of rotatable bonds is 0. The van der Waals surface area contributed by atoms with Crippen molar-refractivity contribution in [3.63, 3.8) is 0 Å². The third-order valence-corrected chi connectivity index (χ3v) is 1.19. The summed E-state index contributed by atoms with van der Waals surface area (Å²) >= 11 is 0. The lowest BCUT2D eigenvalue weighted by Crippen LogP contribution is -1.79. The molecule has 4 nitrogen and oxygen atoms in total. The van der Waals surface area contributed by atoms with Crippen LogP contribution in [0.4, 0.5) is 0 Å². The van der Waals surface area contributed by atoms with Gasteiger partial charge in [0.1, 0.15) is 5.69 Å². The molecule has 1 aromatic heterocycles. The van der Waals surface area contributed by atoms with E-state index in [2.05, 4.69) is 15.4 Å². The standard InChI is InChI=1S/C6H5N3O/c1-2-5-6(4-7-9-5)10-8-3-1/h1-4H,(H,7,9). The number of nitrogens with one attached hydrogen (secondary N) is 1. The Kier molecular flexibility index (Phi) is 1.04. The Morgan fingerprint density at radius 1 is 1.50 bits per heavy atom. The van der Waals surface area contributed by atoms with Gasteiger partial charge in [0.05, 0.1) is 12.4 Å². The van der Waals surface area contributed by atoms with Crippen molar-refractivity contribution in [3.05, 3.63) is 18.0 Å². The summed E-state index contributed by atoms with van der Waals surface area (Å²) in [5, 5.41) is 10.1. The lowest BCUT2D eigenvalue weighted by molar-refractivity contribution is 0.344. The van der Waals surface area contributed by atoms with Crippen molar-refractivity contribution in [2.75, 3.05) is 0 Å². The summed E-state index contributed by atoms with van der Waals surface area (Å²) in [7, 11) is 0. The number of allylic oxidation sites excluding steroid dienone is 1. The topological polar surface area (TPSA) is 50.3 Å². The molecule has 0 amide bonds. The summed E-state index contributed by atoms with van der Waals surface area (Å²) in [6, 6.07) is 0. The Bertz CT molecular complexity index is 287. The molecule has 1 N–H and O–H groups in total. The molecule has 4 heteroatoms. The van der Waals surface area contributed by atoms with Gasteiger partial charge in [0.15, 0.2) is 0 Å². The molecule has 1 aromatic rings. The van der Waals surface area contributed by atoms with Gasteiger partial charge in [-0.05, 0) is 12.2 Å². The van der Waals surface area contributed by atoms with Crippen LogP contribution in [0.5, 0.6) is 5.75 Å². The molecule has 2 heterocycles. The zero-order chi connectivity index (χ0) is 6.81. The van der Waals surface area contributed by atoms with Gasteiger partial charge in [0.2, 0.25) is 5.75 Å². The fourth-order valence-electron chi connectivity index (χ4n) is 0.739. The zero-order valence-corrected chi connectivity index (χ0v) is 5.11. The Morgan fingerprint density at radius 2 is 2.50 bits per heavy atom. The van der Waals surface area contributed by atoms with Crippen LogP contribution in [0.15, 0.2) is 17.4 Å². The molecule has 0 aliphatic carbocycles. The van der Waals surface area contributed by atoms with Crippen molar-refractivity contribution in [2.24, 2.45) is 5.16 Å². The second-order valence-corrected chi connectivity index (χ2v) is 1.85. The minimum atomic E-state index is 0.657. The maximum atomic E-state index is 4.90. The molecule has 1 aliphatic rings. The fraction of sp³-hybridized carbons (Fsp3) is 0. The Hall–Kier alpha value is -1.58. The number of H-pyrrole nitrogens is 1. The molecule has 0 aromatic carbocycles. The van der Waals surface area contributed by atoms with Crippen LogP contribution in [0.2, 0.25) is 0 Å². The van der Waals surface area contributed by atoms with Crippen LogP contribution in [0.1, 0.15) is 5.69 Å². The molecule has 0 bridgehead atoms. The minimum absolute atomic E-state index is 0.657. The molecule has 50 valence electrons. The van der Waals surface area contributed by atoms with E-state index in [1.807, 2.05) is 6.08 Å². The van der Waals surface area contributed by atoms with Crippen LogP contribution < -0.4 is 4.84 Å². The third-order valence-electron chi connectivity index (χ3n) is 1.19. The summed E-state index contributed by atoms with van der Waals surface area (Å²) in [5.41, 5.74) is 0.845. The third kappa shape index (κ3) is 0.699. The molecule has 10 heavy (non-hydrogen) atoms. The highest BCUT2D eigenvalue weighted by Gasteiger charge is 2.03. The summed E-state index contributed by atoms with van der Waals surface area (Å²) in [4.78, 5) is 4.90. The van der Waals surface area contributed by atoms with Gasteiger partial charge < -0.3 is 4.84 Å². The van der Waals surface area contributed by atoms with Crippen molar-refractivity contribution >= 4 is 12.3 Å². The van der Waals surface area contributed by atoms with Crippen molar-refractivity contribution in [1.29, 1.82) is 0 Å². The smallest absolute Gasteiger partial charge is 0.202 e. The van der Waals surface area contributed by atoms with Crippen LogP contribution in [0.25, 0.3) is 6.08 Å². The highest BCUT2D eigenvalue weighted by Crippen LogP contribution is 2.17. The van der Waals surface area contributed by atoms with E-state index in [4.69, 9.17) is 4.84 Å². The molecule has 0 unspecified atom stereocenters. The summed E-state index contributed by atoms with van der Waals surface area (Å²) in [5.74, 6) is 0.657. The van der Waals surface area contributed by atoms with Gasteiger partial charge in [0.25, 0.3) is 0 Å². The second-order valence-electron chi connectivity index (χ2n) is 1.85. The SMILES string of the molecule is C1=Cc2[nH]ncc2ON=C1. The van der Waals surface area contributed by atoms with Gasteiger partial charge in [-0.3, -0.25) is 5.10 Å². The van der Waals surface area contributed by atoms with E-state index in [0.29, 0.717) is 5.75 Å². The van der Waals surface area contributed by atoms with Gasteiger partial charge >= 0.3 is 0 Å². The maximum Gasteiger partial charge on any atom is 0.202 e. The average molecular weight is 135 g/mol. The van der Waals surface area contributed by atoms with E-state index in [0.717, 1.165) is 5.69 Å². The van der Waals surface area contributed by atoms with Crippen LogP contribution >= 0.6 is 0 Å². The first-order chi connectivity index (χ1) is 4.97. The quantitative estimate of drug-likeness (QED) is 0.572. The molecular weight excluding hydrogens is 130 g/mol. The Morgan fingerprint density at radius 3 is 3.50 bits per heavy atom. The van der Waals surface area contributed by atoms with E-state index < -0.39 is 0 Å². The van der Waals surface area contributed by atoms with Crippen LogP contribution in [-0.4, -0.2) is 16.4 Å². The van der Waals surface area contributed by atoms with Crippen LogP contribution in [0, 0.1) is 0 Å². The molecule has 0 fully saturated rings. The first-order valence-electron chi connectivity index (χ1n) is 2.87. The number of oxime groups is 1. The highest BCUT2D eigenvalue weighted by atomic mass is 16.6. The molecule has 0 saturated heterocycles. The van der Waals surface area contributed by atoms with Gasteiger partial charge in [-0.2, -0.15) is 5.10 Å². The predicted octanol–water partition coefficient (Wildman–Crippen LogP) is 0.801. The van der Waals surface area contributed by atoms with Gasteiger partial charge in [-0.15, -0.1) is 0 Å². The maximum absolute atomic E-state index is 4.90. The number of hydrogen-bond donors (Lipinski definition) is 1. The molecule has 2 rings (SSSR count). The Labute approximate surface area is 57.2 Å². The summed E-state index contributed by atoms with van der Waals surface area (Å²) < 4.78 is 0. The van der Waals surface area contributed by atoms with Gasteiger partial charge in [-0.1, -0.05) is 5.16 Å². The lowest BCUT2D eigenvalue weighted by atomic mass is 10.4. The molecular formula is C6H5N3O. The van der Waals surface area contributed by atoms with Crippen LogP contribution in [0.3, 0.4) is 0 Å². The number of fused-ring (bicyclic) bond motifs is 1. The van der Waals surface area contributed by atoms with Crippen LogP contribution in [-0.2, 0) is 0 Å². The van der Waals surface area contributed by atoms with Crippen molar-refractivity contribution < 1.29 is 4.84 Å². The molecule has 0 saturated carbocycles. The first kappa shape index (κ1) is 5.22. The molecule has 1 aliphatic heterocycles. The van der Waals surface area contributed by atoms with E-state index >= 15 is 0 Å². The molecule has 0 radical (unpaired) electrons. The van der Waals surface area contributed by atoms with Gasteiger partial charge in [-0.25, -0.2) is 0 Å². The molecule has 0 atom stereocenters. The van der Waals surface area contributed by atoms with Gasteiger partial charge in [0, 0.05) is 0 Å². The van der Waals surface area contributed by atoms with E-state index in [9.17, 15) is 0 Å². The average Bonchev–Trinajstić information content (AvgIpc) is 2.28. The first-order valence-corrected chi connectivity index (χ1v) is 2.87. The lowest BCUT2D eigenvalue weighted by Gasteiger charge is -1.89. The zero-order valence-electron chi connectivity index (χ0n) is 5.11. The van der Waals surface area contributed by atoms with E-state index in [-0.39, 0.29) is 0 Å². The number of aromatic amines is 1. The van der Waals surface area contributed by atoms with E-state index in [1.165, 1.54) is 0 Å². The van der Waals surface area contributed by atoms with Crippen molar-refractivity contribution in [1.82, 2.24) is 10.2 Å². The summed E-state index contributed by atoms with van der Waals surface area (Å²) in [6.07, 6.45) is 6.79. The largest absolute Gasteiger partial charge is 0.353 e. The number of aromatic nitrogens is 2. The predicted molar refractivity (Wildman–Crippen MR) is 36.7 cm³/mol. The monoisotopic (exact) mass is 135 g/mol. The number of nitrogens with zero attached hydrogens (tertiary/aromatic N) is 2.